The molecule has 1 aromatic heterocycles. The molecule has 2 aromatic carbocycles. The minimum Gasteiger partial charge on any atom is -0.273 e. The Morgan fingerprint density at radius 1 is 0.893 bits per heavy atom. The van der Waals surface area contributed by atoms with Gasteiger partial charge in [0.15, 0.2) is 6.10 Å². The normalized spacial score (nSPS) is 24.1. The Hall–Kier alpha value is -2.96. The number of aryl methyl sites for hydroxylation is 1. The molecule has 140 valence electrons. The van der Waals surface area contributed by atoms with E-state index in [1.165, 1.54) is 4.90 Å². The van der Waals surface area contributed by atoms with Crippen LogP contribution >= 0.6 is 11.3 Å². The highest BCUT2D eigenvalue weighted by molar-refractivity contribution is 7.10. The van der Waals surface area contributed by atoms with Gasteiger partial charge >= 0.3 is 0 Å². The van der Waals surface area contributed by atoms with Crippen molar-refractivity contribution in [2.24, 2.45) is 5.92 Å². The summed E-state index contributed by atoms with van der Waals surface area (Å²) in [7, 11) is 0. The Morgan fingerprint density at radius 2 is 1.68 bits per heavy atom. The van der Waals surface area contributed by atoms with Gasteiger partial charge in [-0.3, -0.25) is 14.4 Å². The number of carbonyl (C=O) groups is 2. The van der Waals surface area contributed by atoms with Crippen LogP contribution in [0.2, 0.25) is 0 Å². The third-order valence-electron chi connectivity index (χ3n) is 5.22. The van der Waals surface area contributed by atoms with Crippen LogP contribution in [-0.4, -0.2) is 17.9 Å². The van der Waals surface area contributed by atoms with Crippen LogP contribution in [0.25, 0.3) is 0 Å². The van der Waals surface area contributed by atoms with Gasteiger partial charge in [-0.15, -0.1) is 11.3 Å². The maximum absolute atomic E-state index is 13.4. The van der Waals surface area contributed by atoms with Crippen LogP contribution in [0, 0.1) is 12.8 Å². The minimum absolute atomic E-state index is 0.211. The van der Waals surface area contributed by atoms with Crippen molar-refractivity contribution in [2.45, 2.75) is 19.1 Å². The first-order valence-electron chi connectivity index (χ1n) is 9.14. The molecule has 0 N–H and O–H groups in total. The Balaban J connectivity index is 1.57. The third-order valence-corrected chi connectivity index (χ3v) is 6.16. The zero-order chi connectivity index (χ0) is 19.3. The van der Waals surface area contributed by atoms with E-state index < -0.39 is 12.0 Å². The van der Waals surface area contributed by atoms with Gasteiger partial charge in [-0.25, -0.2) is 9.96 Å². The largest absolute Gasteiger partial charge is 0.273 e. The molecule has 0 saturated carbocycles. The summed E-state index contributed by atoms with van der Waals surface area (Å²) in [6.07, 6.45) is -0.819. The Kier molecular flexibility index (Phi) is 4.03. The second kappa shape index (κ2) is 6.58. The van der Waals surface area contributed by atoms with Crippen LogP contribution in [0.4, 0.5) is 11.4 Å². The quantitative estimate of drug-likeness (QED) is 0.632. The van der Waals surface area contributed by atoms with E-state index in [2.05, 4.69) is 0 Å². The maximum atomic E-state index is 13.4. The van der Waals surface area contributed by atoms with E-state index in [9.17, 15) is 9.59 Å². The first kappa shape index (κ1) is 17.2. The number of anilines is 2. The van der Waals surface area contributed by atoms with Crippen molar-refractivity contribution in [3.8, 4) is 0 Å². The molecule has 6 heteroatoms. The lowest BCUT2D eigenvalue weighted by atomic mass is 9.95. The molecule has 2 amide bonds. The van der Waals surface area contributed by atoms with Crippen molar-refractivity contribution in [1.82, 2.24) is 0 Å². The van der Waals surface area contributed by atoms with Gasteiger partial charge in [-0.1, -0.05) is 36.4 Å². The van der Waals surface area contributed by atoms with Crippen LogP contribution in [-0.2, 0) is 14.4 Å². The first-order chi connectivity index (χ1) is 13.6. The molecule has 0 aliphatic carbocycles. The number of imide groups is 1. The molecule has 28 heavy (non-hydrogen) atoms. The molecular formula is C22H18N2O3S. The highest BCUT2D eigenvalue weighted by Gasteiger charge is 2.60. The molecule has 2 aliphatic rings. The molecule has 3 atom stereocenters. The number of para-hydroxylation sites is 1. The summed E-state index contributed by atoms with van der Waals surface area (Å²) in [6.45, 7) is 1.94. The van der Waals surface area contributed by atoms with Gasteiger partial charge < -0.3 is 0 Å². The van der Waals surface area contributed by atoms with E-state index in [0.29, 0.717) is 5.69 Å². The minimum atomic E-state index is -0.819. The molecule has 2 fully saturated rings. The molecular weight excluding hydrogens is 372 g/mol. The van der Waals surface area contributed by atoms with Gasteiger partial charge in [0.05, 0.1) is 11.4 Å². The second-order valence-corrected chi connectivity index (χ2v) is 8.00. The Labute approximate surface area is 166 Å². The number of carbonyl (C=O) groups excluding carboxylic acids is 2. The molecule has 0 bridgehead atoms. The van der Waals surface area contributed by atoms with E-state index in [1.54, 1.807) is 22.5 Å². The van der Waals surface area contributed by atoms with E-state index in [-0.39, 0.29) is 17.9 Å². The average molecular weight is 390 g/mol. The Morgan fingerprint density at radius 3 is 2.39 bits per heavy atom. The molecule has 0 radical (unpaired) electrons. The first-order valence-corrected chi connectivity index (χ1v) is 10.0. The van der Waals surface area contributed by atoms with Crippen LogP contribution in [0.3, 0.4) is 0 Å². The molecule has 2 saturated heterocycles. The number of hydroxylamine groups is 1. The standard InChI is InChI=1S/C22H18N2O3S/c1-14-7-5-10-16(13-14)23-21(25)18-19(17-11-6-12-28-17)24(27-20(18)22(23)26)15-8-3-2-4-9-15/h2-13,18-20H,1H3/t18-,19+,20+/m0/s1. The van der Waals surface area contributed by atoms with Crippen LogP contribution in [0.15, 0.2) is 72.1 Å². The maximum Gasteiger partial charge on any atom is 0.266 e. The summed E-state index contributed by atoms with van der Waals surface area (Å²) >= 11 is 1.57. The molecule has 2 aliphatic heterocycles. The number of thiophene rings is 1. The lowest BCUT2D eigenvalue weighted by molar-refractivity contribution is -0.126. The van der Waals surface area contributed by atoms with Gasteiger partial charge in [0.25, 0.3) is 5.91 Å². The predicted molar refractivity (Wildman–Crippen MR) is 108 cm³/mol. The van der Waals surface area contributed by atoms with Crippen molar-refractivity contribution >= 4 is 34.5 Å². The second-order valence-electron chi connectivity index (χ2n) is 7.02. The van der Waals surface area contributed by atoms with Crippen molar-refractivity contribution < 1.29 is 14.4 Å². The van der Waals surface area contributed by atoms with E-state index >= 15 is 0 Å². The van der Waals surface area contributed by atoms with Crippen molar-refractivity contribution in [3.05, 3.63) is 82.6 Å². The summed E-state index contributed by atoms with van der Waals surface area (Å²) in [6, 6.07) is 20.7. The summed E-state index contributed by atoms with van der Waals surface area (Å²) in [4.78, 5) is 34.9. The van der Waals surface area contributed by atoms with Crippen LogP contribution in [0.5, 0.6) is 0 Å². The summed E-state index contributed by atoms with van der Waals surface area (Å²) in [5, 5.41) is 3.70. The monoisotopic (exact) mass is 390 g/mol. The zero-order valence-electron chi connectivity index (χ0n) is 15.2. The summed E-state index contributed by atoms with van der Waals surface area (Å²) in [5.74, 6) is -1.09. The van der Waals surface area contributed by atoms with Crippen molar-refractivity contribution in [3.63, 3.8) is 0 Å². The SMILES string of the molecule is Cc1cccc(N2C(=O)[C@H]3[C@@H](c4cccs4)N(c4ccccc4)O[C@H]3C2=O)c1. The fourth-order valence-corrected chi connectivity index (χ4v) is 4.84. The van der Waals surface area contributed by atoms with Crippen molar-refractivity contribution in [2.75, 3.05) is 9.96 Å². The molecule has 3 heterocycles. The van der Waals surface area contributed by atoms with E-state index in [0.717, 1.165) is 16.1 Å². The number of benzene rings is 2. The lowest BCUT2D eigenvalue weighted by Gasteiger charge is -2.27. The number of hydrogen-bond acceptors (Lipinski definition) is 5. The summed E-state index contributed by atoms with van der Waals surface area (Å²) < 4.78 is 0. The van der Waals surface area contributed by atoms with Crippen LogP contribution < -0.4 is 9.96 Å². The fourth-order valence-electron chi connectivity index (χ4n) is 3.98. The number of fused-ring (bicyclic) bond motifs is 1. The predicted octanol–water partition coefficient (Wildman–Crippen LogP) is 4.11. The summed E-state index contributed by atoms with van der Waals surface area (Å²) in [5.41, 5.74) is 2.43. The highest BCUT2D eigenvalue weighted by Crippen LogP contribution is 2.48. The van der Waals surface area contributed by atoms with Crippen LogP contribution in [0.1, 0.15) is 16.5 Å². The van der Waals surface area contributed by atoms with Gasteiger partial charge in [-0.2, -0.15) is 0 Å². The number of hydrogen-bond donors (Lipinski definition) is 0. The van der Waals surface area contributed by atoms with Gasteiger partial charge in [0.1, 0.15) is 12.0 Å². The van der Waals surface area contributed by atoms with Crippen molar-refractivity contribution in [1.29, 1.82) is 0 Å². The number of nitrogens with zero attached hydrogens (tertiary/aromatic N) is 2. The average Bonchev–Trinajstić information content (AvgIpc) is 3.40. The lowest BCUT2D eigenvalue weighted by Crippen LogP contribution is -2.37. The number of rotatable bonds is 3. The highest BCUT2D eigenvalue weighted by atomic mass is 32.1. The molecule has 0 unspecified atom stereocenters. The molecule has 3 aromatic rings. The molecule has 5 rings (SSSR count). The zero-order valence-corrected chi connectivity index (χ0v) is 16.0. The molecule has 5 nitrogen and oxygen atoms in total. The van der Waals surface area contributed by atoms with Gasteiger partial charge in [0, 0.05) is 4.88 Å². The third kappa shape index (κ3) is 2.57. The molecule has 0 spiro atoms. The smallest absolute Gasteiger partial charge is 0.266 e. The van der Waals surface area contributed by atoms with E-state index in [1.807, 2.05) is 73.0 Å². The Bertz CT molecular complexity index is 1030. The fraction of sp³-hybridized carbons (Fsp3) is 0.182. The topological polar surface area (TPSA) is 49.9 Å². The number of amides is 2. The van der Waals surface area contributed by atoms with E-state index in [4.69, 9.17) is 4.84 Å². The van der Waals surface area contributed by atoms with Gasteiger partial charge in [-0.05, 0) is 48.2 Å². The van der Waals surface area contributed by atoms with Gasteiger partial charge in [0.2, 0.25) is 5.91 Å².